The van der Waals surface area contributed by atoms with E-state index in [0.717, 1.165) is 11.8 Å². The van der Waals surface area contributed by atoms with Crippen molar-refractivity contribution in [3.05, 3.63) is 35.4 Å². The zero-order valence-corrected chi connectivity index (χ0v) is 8.45. The van der Waals surface area contributed by atoms with Gasteiger partial charge in [0.25, 0.3) is 0 Å². The molecule has 1 heteroatoms. The lowest BCUT2D eigenvalue weighted by molar-refractivity contribution is 0.256. The molecular formula is C13H17N. The van der Waals surface area contributed by atoms with Crippen LogP contribution in [0.1, 0.15) is 48.8 Å². The van der Waals surface area contributed by atoms with Crippen LogP contribution in [0.15, 0.2) is 24.3 Å². The average Bonchev–Trinajstić information content (AvgIpc) is 2.27. The Hall–Kier alpha value is -0.820. The number of hydrogen-bond acceptors (Lipinski definition) is 1. The van der Waals surface area contributed by atoms with E-state index in [1.165, 1.54) is 36.8 Å². The van der Waals surface area contributed by atoms with Gasteiger partial charge < -0.3 is 5.73 Å². The van der Waals surface area contributed by atoms with E-state index in [1.54, 1.807) is 0 Å². The van der Waals surface area contributed by atoms with E-state index in [2.05, 4.69) is 24.3 Å². The van der Waals surface area contributed by atoms with Crippen molar-refractivity contribution in [2.24, 2.45) is 11.7 Å². The maximum atomic E-state index is 6.30. The summed E-state index contributed by atoms with van der Waals surface area (Å²) in [7, 11) is 0. The van der Waals surface area contributed by atoms with E-state index in [9.17, 15) is 0 Å². The molecule has 1 saturated carbocycles. The van der Waals surface area contributed by atoms with Crippen LogP contribution in [0.25, 0.3) is 0 Å². The summed E-state index contributed by atoms with van der Waals surface area (Å²) in [5, 5.41) is 0. The Morgan fingerprint density at radius 3 is 2.71 bits per heavy atom. The maximum absolute atomic E-state index is 6.30. The molecule has 0 radical (unpaired) electrons. The molecule has 0 spiro atoms. The molecule has 1 aromatic rings. The van der Waals surface area contributed by atoms with Gasteiger partial charge in [-0.25, -0.2) is 0 Å². The fourth-order valence-corrected chi connectivity index (χ4v) is 3.28. The first-order valence-corrected chi connectivity index (χ1v) is 5.70. The van der Waals surface area contributed by atoms with Gasteiger partial charge in [-0.05, 0) is 42.2 Å². The Morgan fingerprint density at radius 1 is 1.07 bits per heavy atom. The van der Waals surface area contributed by atoms with Crippen LogP contribution < -0.4 is 5.73 Å². The summed E-state index contributed by atoms with van der Waals surface area (Å²) in [4.78, 5) is 0. The summed E-state index contributed by atoms with van der Waals surface area (Å²) in [5.74, 6) is 1.56. The molecule has 3 unspecified atom stereocenters. The fraction of sp³-hybridized carbons (Fsp3) is 0.538. The summed E-state index contributed by atoms with van der Waals surface area (Å²) in [5.41, 5.74) is 9.26. The number of fused-ring (bicyclic) bond motifs is 4. The average molecular weight is 187 g/mol. The molecule has 74 valence electrons. The first-order chi connectivity index (χ1) is 6.86. The van der Waals surface area contributed by atoms with E-state index in [1.807, 2.05) is 0 Å². The molecule has 0 aromatic heterocycles. The highest BCUT2D eigenvalue weighted by Gasteiger charge is 2.34. The summed E-state index contributed by atoms with van der Waals surface area (Å²) < 4.78 is 0. The van der Waals surface area contributed by atoms with Gasteiger partial charge in [0.1, 0.15) is 0 Å². The number of rotatable bonds is 0. The molecule has 0 amide bonds. The Morgan fingerprint density at radius 2 is 1.86 bits per heavy atom. The van der Waals surface area contributed by atoms with Gasteiger partial charge in [-0.2, -0.15) is 0 Å². The van der Waals surface area contributed by atoms with Crippen LogP contribution in [0, 0.1) is 5.92 Å². The quantitative estimate of drug-likeness (QED) is 0.664. The zero-order chi connectivity index (χ0) is 9.54. The topological polar surface area (TPSA) is 26.0 Å². The van der Waals surface area contributed by atoms with Crippen molar-refractivity contribution >= 4 is 0 Å². The smallest absolute Gasteiger partial charge is 0.0326 e. The molecule has 1 fully saturated rings. The molecule has 2 aliphatic rings. The summed E-state index contributed by atoms with van der Waals surface area (Å²) in [6.45, 7) is 0. The second kappa shape index (κ2) is 3.09. The van der Waals surface area contributed by atoms with Crippen molar-refractivity contribution in [1.29, 1.82) is 0 Å². The van der Waals surface area contributed by atoms with Crippen molar-refractivity contribution in [3.63, 3.8) is 0 Å². The van der Waals surface area contributed by atoms with Crippen LogP contribution in [0.5, 0.6) is 0 Å². The Kier molecular flexibility index (Phi) is 1.88. The third kappa shape index (κ3) is 1.12. The first-order valence-electron chi connectivity index (χ1n) is 5.70. The first kappa shape index (κ1) is 8.49. The fourth-order valence-electron chi connectivity index (χ4n) is 3.28. The third-order valence-electron chi connectivity index (χ3n) is 4.02. The molecule has 0 aliphatic heterocycles. The van der Waals surface area contributed by atoms with Gasteiger partial charge >= 0.3 is 0 Å². The third-order valence-corrected chi connectivity index (χ3v) is 4.02. The van der Waals surface area contributed by atoms with Crippen molar-refractivity contribution in [3.8, 4) is 0 Å². The lowest BCUT2D eigenvalue weighted by atomic mass is 9.67. The largest absolute Gasteiger partial charge is 0.324 e. The van der Waals surface area contributed by atoms with E-state index in [0.29, 0.717) is 6.04 Å². The Balaban J connectivity index is 2.11. The van der Waals surface area contributed by atoms with Crippen LogP contribution >= 0.6 is 0 Å². The SMILES string of the molecule is NC1c2ccccc2C2CCCC1C2. The van der Waals surface area contributed by atoms with Gasteiger partial charge in [0.2, 0.25) is 0 Å². The predicted molar refractivity (Wildman–Crippen MR) is 58.1 cm³/mol. The number of hydrogen-bond donors (Lipinski definition) is 1. The summed E-state index contributed by atoms with van der Waals surface area (Å²) >= 11 is 0. The van der Waals surface area contributed by atoms with Gasteiger partial charge in [0, 0.05) is 6.04 Å². The van der Waals surface area contributed by atoms with Crippen molar-refractivity contribution in [2.45, 2.75) is 37.6 Å². The molecule has 2 bridgehead atoms. The molecule has 2 N–H and O–H groups in total. The second-order valence-corrected chi connectivity index (χ2v) is 4.78. The van der Waals surface area contributed by atoms with E-state index in [4.69, 9.17) is 5.73 Å². The van der Waals surface area contributed by atoms with Crippen LogP contribution in [0.4, 0.5) is 0 Å². The van der Waals surface area contributed by atoms with Crippen LogP contribution in [-0.2, 0) is 0 Å². The minimum atomic E-state index is 0.308. The van der Waals surface area contributed by atoms with Crippen LogP contribution in [-0.4, -0.2) is 0 Å². The minimum absolute atomic E-state index is 0.308. The highest BCUT2D eigenvalue weighted by Crippen LogP contribution is 2.47. The lowest BCUT2D eigenvalue weighted by Gasteiger charge is -2.40. The van der Waals surface area contributed by atoms with Crippen LogP contribution in [0.3, 0.4) is 0 Å². The summed E-state index contributed by atoms with van der Waals surface area (Å²) in [6.07, 6.45) is 5.42. The number of benzene rings is 1. The monoisotopic (exact) mass is 187 g/mol. The molecule has 3 atom stereocenters. The summed E-state index contributed by atoms with van der Waals surface area (Å²) in [6, 6.07) is 9.09. The van der Waals surface area contributed by atoms with Crippen molar-refractivity contribution in [2.75, 3.05) is 0 Å². The van der Waals surface area contributed by atoms with Gasteiger partial charge in [0.15, 0.2) is 0 Å². The van der Waals surface area contributed by atoms with Gasteiger partial charge in [0.05, 0.1) is 0 Å². The molecule has 14 heavy (non-hydrogen) atoms. The molecule has 0 saturated heterocycles. The second-order valence-electron chi connectivity index (χ2n) is 4.78. The molecule has 3 rings (SSSR count). The molecular weight excluding hydrogens is 170 g/mol. The standard InChI is InChI=1S/C13H17N/c14-13-10-5-3-4-9(8-10)11-6-1-2-7-12(11)13/h1-2,6-7,9-10,13H,3-5,8,14H2. The Bertz CT molecular complexity index is 324. The van der Waals surface area contributed by atoms with Gasteiger partial charge in [-0.15, -0.1) is 0 Å². The predicted octanol–water partition coefficient (Wildman–Crippen LogP) is 2.97. The van der Waals surface area contributed by atoms with Gasteiger partial charge in [-0.1, -0.05) is 30.7 Å². The molecule has 1 aromatic carbocycles. The lowest BCUT2D eigenvalue weighted by Crippen LogP contribution is -2.32. The normalized spacial score (nSPS) is 35.1. The Labute approximate surface area is 85.3 Å². The highest BCUT2D eigenvalue weighted by atomic mass is 14.7. The van der Waals surface area contributed by atoms with Crippen LogP contribution in [0.2, 0.25) is 0 Å². The van der Waals surface area contributed by atoms with Crippen molar-refractivity contribution < 1.29 is 0 Å². The van der Waals surface area contributed by atoms with E-state index < -0.39 is 0 Å². The molecule has 0 heterocycles. The zero-order valence-electron chi connectivity index (χ0n) is 8.45. The van der Waals surface area contributed by atoms with E-state index in [-0.39, 0.29) is 0 Å². The number of nitrogens with two attached hydrogens (primary N) is 1. The maximum Gasteiger partial charge on any atom is 0.0326 e. The molecule has 1 nitrogen and oxygen atoms in total. The van der Waals surface area contributed by atoms with Crippen molar-refractivity contribution in [1.82, 2.24) is 0 Å². The minimum Gasteiger partial charge on any atom is -0.324 e. The van der Waals surface area contributed by atoms with Gasteiger partial charge in [-0.3, -0.25) is 0 Å². The molecule has 2 aliphatic carbocycles. The van der Waals surface area contributed by atoms with E-state index >= 15 is 0 Å². The highest BCUT2D eigenvalue weighted by molar-refractivity contribution is 5.36.